The quantitative estimate of drug-likeness (QED) is 0.615. The molecule has 2 nitrogen and oxygen atoms in total. The van der Waals surface area contributed by atoms with Gasteiger partial charge >= 0.3 is 0 Å². The average molecular weight is 253 g/mol. The zero-order chi connectivity index (χ0) is 7.98. The van der Waals surface area contributed by atoms with Gasteiger partial charge in [-0.05, 0) is 39.0 Å². The average Bonchev–Trinajstić information content (AvgIpc) is 1.85. The number of hydrogen-bond acceptors (Lipinski definition) is 2. The highest BCUT2D eigenvalue weighted by atomic mass is 127. The third-order valence-corrected chi connectivity index (χ3v) is 1.49. The third kappa shape index (κ3) is 5.94. The van der Waals surface area contributed by atoms with E-state index in [0.29, 0.717) is 0 Å². The molecule has 0 aromatic heterocycles. The van der Waals surface area contributed by atoms with Crippen molar-refractivity contribution in [1.82, 2.24) is 0 Å². The summed E-state index contributed by atoms with van der Waals surface area (Å²) in [4.78, 5) is 0. The number of allylic oxidation sites excluding steroid dienone is 2. The van der Waals surface area contributed by atoms with Gasteiger partial charge in [0.2, 0.25) is 0 Å². The summed E-state index contributed by atoms with van der Waals surface area (Å²) in [5.41, 5.74) is 6.29. The number of ether oxygens (including phenoxy) is 1. The van der Waals surface area contributed by atoms with Gasteiger partial charge in [0.1, 0.15) is 6.26 Å². The van der Waals surface area contributed by atoms with Crippen LogP contribution in [0.4, 0.5) is 0 Å². The molecule has 0 heterocycles. The predicted molar refractivity (Wildman–Crippen MR) is 51.7 cm³/mol. The van der Waals surface area contributed by atoms with Gasteiger partial charge in [0.25, 0.3) is 0 Å². The van der Waals surface area contributed by atoms with Crippen LogP contribution in [0, 0.1) is 0 Å². The van der Waals surface area contributed by atoms with Gasteiger partial charge in [0.05, 0.1) is 7.11 Å². The summed E-state index contributed by atoms with van der Waals surface area (Å²) >= 11 is 2.19. The molecule has 2 N–H and O–H groups in total. The second-order valence-electron chi connectivity index (χ2n) is 1.95. The van der Waals surface area contributed by atoms with E-state index in [9.17, 15) is 0 Å². The fourth-order valence-electron chi connectivity index (χ4n) is 0.490. The Balaban J connectivity index is 3.48. The van der Waals surface area contributed by atoms with Crippen LogP contribution in [0.1, 0.15) is 12.8 Å². The summed E-state index contributed by atoms with van der Waals surface area (Å²) in [6.07, 6.45) is 3.31. The maximum Gasteiger partial charge on any atom is 0.101 e. The summed E-state index contributed by atoms with van der Waals surface area (Å²) in [5.74, 6) is 0. The maximum absolute atomic E-state index is 5.52. The van der Waals surface area contributed by atoms with E-state index in [0.717, 1.165) is 22.1 Å². The Kier molecular flexibility index (Phi) is 5.48. The molecule has 0 rings (SSSR count). The molecule has 0 saturated heterocycles. The Morgan fingerprint density at radius 1 is 1.70 bits per heavy atom. The van der Waals surface area contributed by atoms with E-state index in [1.807, 2.05) is 0 Å². The first-order valence-electron chi connectivity index (χ1n) is 2.97. The number of rotatable bonds is 4. The minimum absolute atomic E-state index is 0.764. The summed E-state index contributed by atoms with van der Waals surface area (Å²) < 4.78 is 5.83. The summed E-state index contributed by atoms with van der Waals surface area (Å²) in [7, 11) is 1.59. The predicted octanol–water partition coefficient (Wildman–Crippen LogP) is 2.16. The molecule has 0 spiro atoms. The van der Waals surface area contributed by atoms with Crippen LogP contribution in [0.15, 0.2) is 22.1 Å². The molecule has 0 aromatic rings. The van der Waals surface area contributed by atoms with Gasteiger partial charge in [-0.1, -0.05) is 6.58 Å². The molecular weight excluding hydrogens is 241 g/mol. The van der Waals surface area contributed by atoms with Gasteiger partial charge in [-0.2, -0.15) is 0 Å². The minimum Gasteiger partial charge on any atom is -0.503 e. The molecule has 0 aliphatic rings. The van der Waals surface area contributed by atoms with Crippen LogP contribution >= 0.6 is 22.6 Å². The molecule has 3 heteroatoms. The maximum atomic E-state index is 5.52. The molecule has 0 aliphatic carbocycles. The van der Waals surface area contributed by atoms with Crippen molar-refractivity contribution >= 4 is 22.6 Å². The minimum atomic E-state index is 0.764. The van der Waals surface area contributed by atoms with Gasteiger partial charge < -0.3 is 10.5 Å². The highest BCUT2D eigenvalue weighted by molar-refractivity contribution is 14.1. The first-order valence-corrected chi connectivity index (χ1v) is 4.05. The molecule has 0 saturated carbocycles. The lowest BCUT2D eigenvalue weighted by Crippen LogP contribution is -1.97. The topological polar surface area (TPSA) is 35.2 Å². The van der Waals surface area contributed by atoms with Crippen molar-refractivity contribution in [1.29, 1.82) is 0 Å². The van der Waals surface area contributed by atoms with Crippen LogP contribution in [0.3, 0.4) is 0 Å². The molecule has 0 fully saturated rings. The first kappa shape index (κ1) is 9.81. The molecule has 0 atom stereocenters. The molecule has 0 amide bonds. The van der Waals surface area contributed by atoms with Crippen molar-refractivity contribution in [2.75, 3.05) is 7.11 Å². The lowest BCUT2D eigenvalue weighted by atomic mass is 10.2. The fraction of sp³-hybridized carbons (Fsp3) is 0.429. The van der Waals surface area contributed by atoms with E-state index in [-0.39, 0.29) is 0 Å². The molecular formula is C7H12INO. The highest BCUT2D eigenvalue weighted by Crippen LogP contribution is 2.12. The molecule has 10 heavy (non-hydrogen) atoms. The summed E-state index contributed by atoms with van der Waals surface area (Å²) in [6, 6.07) is 0. The van der Waals surface area contributed by atoms with Gasteiger partial charge in [-0.15, -0.1) is 0 Å². The monoisotopic (exact) mass is 253 g/mol. The van der Waals surface area contributed by atoms with Gasteiger partial charge in [-0.25, -0.2) is 0 Å². The van der Waals surface area contributed by atoms with Crippen LogP contribution in [0.5, 0.6) is 0 Å². The van der Waals surface area contributed by atoms with E-state index in [1.165, 1.54) is 0 Å². The Labute approximate surface area is 75.3 Å². The molecule has 0 radical (unpaired) electrons. The van der Waals surface area contributed by atoms with Crippen LogP contribution in [-0.2, 0) is 4.74 Å². The number of nitrogens with two attached hydrogens (primary N) is 1. The highest BCUT2D eigenvalue weighted by Gasteiger charge is 1.91. The number of hydrogen-bond donors (Lipinski definition) is 1. The standard InChI is InChI=1S/C7H12INO/c1-6(8)3-4-7(9)5-10-2/h5H,1,3-4,9H2,2H3/b7-5-. The van der Waals surface area contributed by atoms with Crippen molar-refractivity contribution in [3.8, 4) is 0 Å². The smallest absolute Gasteiger partial charge is 0.101 e. The van der Waals surface area contributed by atoms with Crippen molar-refractivity contribution in [3.05, 3.63) is 22.1 Å². The van der Waals surface area contributed by atoms with Gasteiger partial charge in [-0.3, -0.25) is 0 Å². The zero-order valence-electron chi connectivity index (χ0n) is 6.06. The van der Waals surface area contributed by atoms with Crippen molar-refractivity contribution < 1.29 is 4.74 Å². The molecule has 0 aromatic carbocycles. The Morgan fingerprint density at radius 3 is 2.70 bits per heavy atom. The van der Waals surface area contributed by atoms with Crippen LogP contribution in [0.25, 0.3) is 0 Å². The largest absolute Gasteiger partial charge is 0.503 e. The van der Waals surface area contributed by atoms with Crippen molar-refractivity contribution in [3.63, 3.8) is 0 Å². The van der Waals surface area contributed by atoms with Crippen molar-refractivity contribution in [2.45, 2.75) is 12.8 Å². The van der Waals surface area contributed by atoms with E-state index < -0.39 is 0 Å². The lowest BCUT2D eigenvalue weighted by molar-refractivity contribution is 0.332. The molecule has 0 aliphatic heterocycles. The SMILES string of the molecule is C=C(I)CC/C(N)=C/OC. The number of halogens is 1. The van der Waals surface area contributed by atoms with Gasteiger partial charge in [0.15, 0.2) is 0 Å². The Bertz CT molecular complexity index is 143. The fourth-order valence-corrected chi connectivity index (χ4v) is 0.760. The van der Waals surface area contributed by atoms with E-state index in [1.54, 1.807) is 13.4 Å². The van der Waals surface area contributed by atoms with Crippen molar-refractivity contribution in [2.24, 2.45) is 5.73 Å². The third-order valence-electron chi connectivity index (χ3n) is 0.954. The van der Waals surface area contributed by atoms with Gasteiger partial charge in [0, 0.05) is 5.70 Å². The van der Waals surface area contributed by atoms with Crippen LogP contribution < -0.4 is 5.73 Å². The van der Waals surface area contributed by atoms with E-state index in [4.69, 9.17) is 10.5 Å². The van der Waals surface area contributed by atoms with Crippen LogP contribution in [-0.4, -0.2) is 7.11 Å². The second-order valence-corrected chi connectivity index (χ2v) is 3.47. The normalized spacial score (nSPS) is 11.2. The first-order chi connectivity index (χ1) is 4.66. The zero-order valence-corrected chi connectivity index (χ0v) is 8.22. The number of methoxy groups -OCH3 is 1. The Hall–Kier alpha value is -0.190. The lowest BCUT2D eigenvalue weighted by Gasteiger charge is -1.98. The Morgan fingerprint density at radius 2 is 2.30 bits per heavy atom. The van der Waals surface area contributed by atoms with Crippen LogP contribution in [0.2, 0.25) is 0 Å². The summed E-state index contributed by atoms with van der Waals surface area (Å²) in [5, 5.41) is 0. The van der Waals surface area contributed by atoms with E-state index >= 15 is 0 Å². The van der Waals surface area contributed by atoms with E-state index in [2.05, 4.69) is 29.2 Å². The second kappa shape index (κ2) is 5.58. The molecule has 0 bridgehead atoms. The summed E-state index contributed by atoms with van der Waals surface area (Å²) in [6.45, 7) is 3.75. The molecule has 58 valence electrons. The molecule has 0 unspecified atom stereocenters.